The predicted molar refractivity (Wildman–Crippen MR) is 553 cm³/mol. The first kappa shape index (κ1) is 99.5. The van der Waals surface area contributed by atoms with Gasteiger partial charge in [0.2, 0.25) is 5.91 Å². The molecule has 28 nitrogen and oxygen atoms in total. The third kappa shape index (κ3) is 21.2. The van der Waals surface area contributed by atoms with Crippen molar-refractivity contribution in [2.75, 3.05) is 218 Å². The Morgan fingerprint density at radius 2 is 1.09 bits per heavy atom. The SMILES string of the molecule is CCN(C/C=C/S(=O)(=O)CCN(C)c1nc(OCC23CCCN2CCC3)nc2c(F)c(-c3cccc4cccc(Cl)c34)ncc12)CCOCC1CCC2(COc3nc(N(C)CC4CN(C(=O)/C=C/CN(C)CC5CN6CCCC6(COc6nc7c(c(N(C)CCS(=O)(=O)/C=C/CN(C)C)n6)CCN(c6cccc8ccc(F)c(Cl)c68)C7)C5)C4)c4cnc(-c5cccc6cccc(Cl)c56)c(F)c4n3)CCCN12. The molecule has 8 aliphatic heterocycles. The van der Waals surface area contributed by atoms with E-state index in [1.54, 1.807) is 60.6 Å². The van der Waals surface area contributed by atoms with Crippen LogP contribution in [0.4, 0.5) is 36.3 Å². The van der Waals surface area contributed by atoms with E-state index >= 15 is 13.2 Å². The first-order valence-corrected chi connectivity index (χ1v) is 53.8. The van der Waals surface area contributed by atoms with Crippen molar-refractivity contribution in [3.63, 3.8) is 0 Å². The third-order valence-corrected chi connectivity index (χ3v) is 33.9. The van der Waals surface area contributed by atoms with Gasteiger partial charge in [-0.25, -0.2) is 30.0 Å². The van der Waals surface area contributed by atoms with Crippen LogP contribution in [0.25, 0.3) is 76.6 Å². The number of nitrogens with zero attached hydrogens (tertiary/aromatic N) is 19. The average molecular weight is 2020 g/mol. The number of ether oxygens (including phenoxy) is 4. The fourth-order valence-electron chi connectivity index (χ4n) is 23.0. The second kappa shape index (κ2) is 42.2. The lowest BCUT2D eigenvalue weighted by molar-refractivity contribution is -0.131. The van der Waals surface area contributed by atoms with Gasteiger partial charge < -0.3 is 53.2 Å². The molecular formula is C105H123Cl3F3N19O9S2. The van der Waals surface area contributed by atoms with Gasteiger partial charge in [-0.15, -0.1) is 0 Å². The number of hydrogen-bond acceptors (Lipinski definition) is 27. The maximum absolute atomic E-state index is 17.7. The van der Waals surface area contributed by atoms with Crippen LogP contribution >= 0.6 is 34.8 Å². The van der Waals surface area contributed by atoms with E-state index < -0.39 is 37.1 Å². The Bertz CT molecular complexity index is 6850. The molecule has 0 bridgehead atoms. The standard InChI is InChI=1S/C105H123Cl3F3N19O9S2/c1-8-125(43-20-54-141(134,135)56-51-123(6)98-79-58-112-93(77-26-9-21-72-23-11-28-81(106)87(72)77)91(110)95(79)115-101(118-98)137-67-103-36-15-44-128(103)45-16-37-103)49-52-136-66-75-34-40-104(38-18-47-130(75)104)68-138-102-116-96-80(59-113-94(92(96)111)78-27-10-22-73-24-12-29-82(107)88(73)78)99(119-102)124(7)61-71-62-127(63-71)86(131)31-14-42-121(4)60-70-57-105(39-17-46-129(105)64-70)69-139-100-114-84-65-126(85-30-13-25-74-32-33-83(109)90(108)89(74)85)48-35-76(84)97(117-100)122(5)50-55-140(132,133)53-19-41-120(2)3/h9-14,19-33,53-54,58-59,70-71,75H,8,15-18,34-52,55-57,60-69H2,1-7H3/b31-14+,53-19+,54-20+. The first-order valence-electron chi connectivity index (χ1n) is 49.3. The van der Waals surface area contributed by atoms with Crippen LogP contribution in [0.1, 0.15) is 88.8 Å². The molecule has 19 rings (SSSR count). The van der Waals surface area contributed by atoms with Gasteiger partial charge in [-0.1, -0.05) is 139 Å². The van der Waals surface area contributed by atoms with Crippen molar-refractivity contribution in [1.29, 1.82) is 0 Å². The predicted octanol–water partition coefficient (Wildman–Crippen LogP) is 15.9. The smallest absolute Gasteiger partial charge is 0.319 e. The van der Waals surface area contributed by atoms with E-state index in [1.807, 2.05) is 134 Å². The number of hydrogen-bond donors (Lipinski definition) is 0. The zero-order valence-corrected chi connectivity index (χ0v) is 85.0. The Balaban J connectivity index is 0.461. The maximum Gasteiger partial charge on any atom is 0.319 e. The monoisotopic (exact) mass is 2020 g/mol. The molecule has 4 unspecified atom stereocenters. The van der Waals surface area contributed by atoms with Crippen LogP contribution in [0.5, 0.6) is 18.0 Å². The third-order valence-electron chi connectivity index (χ3n) is 30.2. The molecular weight excluding hydrogens is 1900 g/mol. The number of fused-ring (bicyclic) bond motifs is 9. The molecule has 0 N–H and O–H groups in total. The quantitative estimate of drug-likeness (QED) is 0.0255. The topological polar surface area (TPSA) is 261 Å². The van der Waals surface area contributed by atoms with Crippen LogP contribution in [0.15, 0.2) is 151 Å². The second-order valence-corrected chi connectivity index (χ2v) is 45.2. The summed E-state index contributed by atoms with van der Waals surface area (Å²) in [6.45, 7) is 14.8. The largest absolute Gasteiger partial charge is 0.461 e. The Morgan fingerprint density at radius 1 is 0.546 bits per heavy atom. The highest BCUT2D eigenvalue weighted by molar-refractivity contribution is 7.94. The highest BCUT2D eigenvalue weighted by Crippen LogP contribution is 2.48. The number of halogens is 6. The summed E-state index contributed by atoms with van der Waals surface area (Å²) < 4.78 is 131. The molecule has 36 heteroatoms. The number of carbonyl (C=O) groups is 1. The second-order valence-electron chi connectivity index (χ2n) is 40.0. The van der Waals surface area contributed by atoms with Gasteiger partial charge in [-0.3, -0.25) is 34.4 Å². The summed E-state index contributed by atoms with van der Waals surface area (Å²) in [4.78, 5) is 76.4. The van der Waals surface area contributed by atoms with Crippen LogP contribution in [0.2, 0.25) is 15.1 Å². The molecule has 6 aromatic carbocycles. The van der Waals surface area contributed by atoms with Crippen molar-refractivity contribution in [2.45, 2.75) is 113 Å². The number of benzene rings is 6. The van der Waals surface area contributed by atoms with Crippen LogP contribution < -0.4 is 33.8 Å². The minimum absolute atomic E-state index is 0.00770. The molecule has 7 saturated heterocycles. The van der Waals surface area contributed by atoms with Gasteiger partial charge in [0.25, 0.3) is 0 Å². The van der Waals surface area contributed by atoms with Crippen LogP contribution in [0, 0.1) is 29.3 Å². The van der Waals surface area contributed by atoms with E-state index in [2.05, 4.69) is 41.4 Å². The molecule has 7 fully saturated rings. The summed E-state index contributed by atoms with van der Waals surface area (Å²) in [7, 11) is 4.08. The summed E-state index contributed by atoms with van der Waals surface area (Å²) >= 11 is 20.3. The molecule has 0 aliphatic carbocycles. The molecule has 8 aliphatic rings. The zero-order valence-electron chi connectivity index (χ0n) is 81.1. The average Bonchev–Trinajstić information content (AvgIpc) is 1.62. The Morgan fingerprint density at radius 3 is 1.72 bits per heavy atom. The van der Waals surface area contributed by atoms with Crippen molar-refractivity contribution in [3.8, 4) is 40.5 Å². The van der Waals surface area contributed by atoms with Crippen LogP contribution in [-0.2, 0) is 42.2 Å². The van der Waals surface area contributed by atoms with Crippen molar-refractivity contribution >= 4 is 138 Å². The van der Waals surface area contributed by atoms with Crippen LogP contribution in [-0.4, -0.2) is 318 Å². The number of sulfone groups is 2. The number of likely N-dealkylation sites (N-methyl/N-ethyl adjacent to an activating group) is 3. The highest BCUT2D eigenvalue weighted by Gasteiger charge is 2.52. The summed E-state index contributed by atoms with van der Waals surface area (Å²) in [5.74, 6) is -0.464. The lowest BCUT2D eigenvalue weighted by atomic mass is 9.90. The number of rotatable bonds is 40. The van der Waals surface area contributed by atoms with Gasteiger partial charge in [0.1, 0.15) is 65.5 Å². The van der Waals surface area contributed by atoms with Gasteiger partial charge in [-0.05, 0) is 177 Å². The zero-order chi connectivity index (χ0) is 98.2. The van der Waals surface area contributed by atoms with Crippen LogP contribution in [0.3, 0.4) is 0 Å². The van der Waals surface area contributed by atoms with Gasteiger partial charge >= 0.3 is 18.0 Å². The summed E-state index contributed by atoms with van der Waals surface area (Å²) in [6.07, 6.45) is 21.2. The molecule has 4 atom stereocenters. The fraction of sp³-hybridized carbons (Fsp3) is 0.476. The Labute approximate surface area is 837 Å². The first-order chi connectivity index (χ1) is 68.0. The molecule has 1 amide bonds. The van der Waals surface area contributed by atoms with E-state index in [0.29, 0.717) is 170 Å². The molecule has 13 heterocycles. The van der Waals surface area contributed by atoms with E-state index in [4.69, 9.17) is 88.6 Å². The van der Waals surface area contributed by atoms with E-state index in [9.17, 15) is 21.6 Å². The summed E-state index contributed by atoms with van der Waals surface area (Å²) in [5, 5.41) is 8.72. The van der Waals surface area contributed by atoms with E-state index in [0.717, 1.165) is 143 Å². The molecule has 0 saturated carbocycles. The minimum atomic E-state index is -3.75. The molecule has 0 spiro atoms. The number of amides is 1. The van der Waals surface area contributed by atoms with Gasteiger partial charge in [-0.2, -0.15) is 29.9 Å². The lowest BCUT2D eigenvalue weighted by Crippen LogP contribution is -2.53. The van der Waals surface area contributed by atoms with E-state index in [-0.39, 0.29) is 111 Å². The Kier molecular flexibility index (Phi) is 29.8. The number of likely N-dealkylation sites (tertiary alicyclic amines) is 1. The van der Waals surface area contributed by atoms with Gasteiger partial charge in [0, 0.05) is 190 Å². The number of anilines is 4. The summed E-state index contributed by atoms with van der Waals surface area (Å²) in [5.41, 5.74) is 2.99. The molecule has 746 valence electrons. The lowest BCUT2D eigenvalue weighted by Gasteiger charge is -2.40. The Hall–Kier alpha value is -10.3. The maximum atomic E-state index is 17.7. The van der Waals surface area contributed by atoms with Gasteiger partial charge in [0.05, 0.1) is 69.4 Å². The summed E-state index contributed by atoms with van der Waals surface area (Å²) in [6, 6.07) is 31.6. The van der Waals surface area contributed by atoms with E-state index in [1.165, 1.54) is 23.1 Å². The number of carbonyl (C=O) groups excluding carboxylic acids is 1. The van der Waals surface area contributed by atoms with Crippen molar-refractivity contribution in [1.82, 2.24) is 74.2 Å². The minimum Gasteiger partial charge on any atom is -0.461 e. The fourth-order valence-corrected chi connectivity index (χ4v) is 25.9. The number of aromatic nitrogens is 8. The van der Waals surface area contributed by atoms with Gasteiger partial charge in [0.15, 0.2) is 31.3 Å². The van der Waals surface area contributed by atoms with Crippen molar-refractivity contribution in [3.05, 3.63) is 194 Å². The van der Waals surface area contributed by atoms with Crippen molar-refractivity contribution in [2.24, 2.45) is 11.8 Å². The molecule has 141 heavy (non-hydrogen) atoms. The molecule has 0 radical (unpaired) electrons. The van der Waals surface area contributed by atoms with Crippen molar-refractivity contribution < 1.29 is 53.7 Å². The number of pyridine rings is 2. The molecule has 5 aromatic heterocycles. The highest BCUT2D eigenvalue weighted by atomic mass is 35.5. The normalized spacial score (nSPS) is 20.2. The molecule has 11 aromatic rings.